The molecule has 1 aliphatic heterocycles. The summed E-state index contributed by atoms with van der Waals surface area (Å²) >= 11 is 0. The van der Waals surface area contributed by atoms with Crippen LogP contribution >= 0.6 is 0 Å². The van der Waals surface area contributed by atoms with E-state index in [4.69, 9.17) is 0 Å². The largest absolute Gasteiger partial charge is 0.416 e. The van der Waals surface area contributed by atoms with Gasteiger partial charge in [-0.05, 0) is 18.2 Å². The van der Waals surface area contributed by atoms with Crippen LogP contribution in [-0.4, -0.2) is 59.7 Å². The third-order valence-corrected chi connectivity index (χ3v) is 7.15. The summed E-state index contributed by atoms with van der Waals surface area (Å²) in [5.41, 5.74) is 0.0464. The Morgan fingerprint density at radius 2 is 1.52 bits per heavy atom. The van der Waals surface area contributed by atoms with E-state index in [1.54, 1.807) is 0 Å². The molecule has 0 aliphatic carbocycles. The average Bonchev–Trinajstić information content (AvgIpc) is 2.84. The van der Waals surface area contributed by atoms with Crippen LogP contribution in [0.5, 0.6) is 0 Å². The van der Waals surface area contributed by atoms with Crippen molar-refractivity contribution in [3.05, 3.63) is 78.1 Å². The highest BCUT2D eigenvalue weighted by Crippen LogP contribution is 2.31. The van der Waals surface area contributed by atoms with Crippen molar-refractivity contribution in [2.24, 2.45) is 0 Å². The van der Waals surface area contributed by atoms with Gasteiger partial charge in [-0.3, -0.25) is 4.79 Å². The van der Waals surface area contributed by atoms with Crippen molar-refractivity contribution < 1.29 is 26.4 Å². The number of benzene rings is 2. The van der Waals surface area contributed by atoms with Gasteiger partial charge in [-0.1, -0.05) is 36.4 Å². The summed E-state index contributed by atoms with van der Waals surface area (Å²) in [7, 11) is -4.12. The molecule has 2 heterocycles. The van der Waals surface area contributed by atoms with E-state index >= 15 is 0 Å². The molecular weight excluding hydrogens is 457 g/mol. The Labute approximate surface area is 188 Å². The lowest BCUT2D eigenvalue weighted by molar-refractivity contribution is -0.137. The second-order valence-electron chi connectivity index (χ2n) is 7.38. The highest BCUT2D eigenvalue weighted by Gasteiger charge is 2.34. The standard InChI is InChI=1S/C22H19F3N4O3S/c23-22(24,25)18-7-4-8-19(13-18)33(31,32)29-11-9-28(10-12-29)21(30)17-14-26-20(27-15-17)16-5-2-1-3-6-16/h1-8,13-15H,9-12H2. The van der Waals surface area contributed by atoms with Gasteiger partial charge >= 0.3 is 6.18 Å². The molecule has 4 rings (SSSR count). The van der Waals surface area contributed by atoms with Crippen molar-refractivity contribution in [3.63, 3.8) is 0 Å². The molecule has 1 aliphatic rings. The van der Waals surface area contributed by atoms with Gasteiger partial charge in [-0.25, -0.2) is 18.4 Å². The van der Waals surface area contributed by atoms with Gasteiger partial charge in [0.05, 0.1) is 16.0 Å². The molecule has 1 fully saturated rings. The van der Waals surface area contributed by atoms with Crippen molar-refractivity contribution in [2.45, 2.75) is 11.1 Å². The van der Waals surface area contributed by atoms with Gasteiger partial charge in [-0.2, -0.15) is 17.5 Å². The quantitative estimate of drug-likeness (QED) is 0.577. The fourth-order valence-corrected chi connectivity index (χ4v) is 4.94. The lowest BCUT2D eigenvalue weighted by atomic mass is 10.2. The fraction of sp³-hybridized carbons (Fsp3) is 0.227. The van der Waals surface area contributed by atoms with Crippen LogP contribution in [0, 0.1) is 0 Å². The Morgan fingerprint density at radius 1 is 0.879 bits per heavy atom. The maximum atomic E-state index is 13.0. The maximum absolute atomic E-state index is 13.0. The second kappa shape index (κ2) is 8.91. The molecule has 0 radical (unpaired) electrons. The Balaban J connectivity index is 1.43. The monoisotopic (exact) mass is 476 g/mol. The molecule has 1 amide bonds. The Morgan fingerprint density at radius 3 is 2.12 bits per heavy atom. The first-order valence-electron chi connectivity index (χ1n) is 10.0. The maximum Gasteiger partial charge on any atom is 0.416 e. The van der Waals surface area contributed by atoms with Crippen LogP contribution in [-0.2, 0) is 16.2 Å². The number of carbonyl (C=O) groups is 1. The van der Waals surface area contributed by atoms with Gasteiger partial charge in [0.2, 0.25) is 10.0 Å². The first-order valence-corrected chi connectivity index (χ1v) is 11.4. The molecule has 0 N–H and O–H groups in total. The third-order valence-electron chi connectivity index (χ3n) is 5.26. The zero-order valence-corrected chi connectivity index (χ0v) is 18.1. The minimum absolute atomic E-state index is 0.0344. The van der Waals surface area contributed by atoms with Crippen LogP contribution < -0.4 is 0 Å². The van der Waals surface area contributed by atoms with E-state index in [0.29, 0.717) is 11.9 Å². The van der Waals surface area contributed by atoms with Crippen molar-refractivity contribution in [3.8, 4) is 11.4 Å². The van der Waals surface area contributed by atoms with E-state index in [1.807, 2.05) is 30.3 Å². The molecular formula is C22H19F3N4O3S. The van der Waals surface area contributed by atoms with Crippen molar-refractivity contribution in [2.75, 3.05) is 26.2 Å². The summed E-state index contributed by atoms with van der Waals surface area (Å²) < 4.78 is 65.6. The lowest BCUT2D eigenvalue weighted by Gasteiger charge is -2.34. The van der Waals surface area contributed by atoms with Crippen molar-refractivity contribution in [1.82, 2.24) is 19.2 Å². The Bertz CT molecular complexity index is 1240. The Hall–Kier alpha value is -3.31. The highest BCUT2D eigenvalue weighted by atomic mass is 32.2. The van der Waals surface area contributed by atoms with Crippen LogP contribution in [0.2, 0.25) is 0 Å². The number of alkyl halides is 3. The summed E-state index contributed by atoms with van der Waals surface area (Å²) in [6.45, 7) is 0.121. The van der Waals surface area contributed by atoms with Gasteiger partial charge in [0, 0.05) is 44.1 Å². The van der Waals surface area contributed by atoms with E-state index in [9.17, 15) is 26.4 Å². The normalized spacial score (nSPS) is 15.4. The van der Waals surface area contributed by atoms with E-state index in [1.165, 1.54) is 17.3 Å². The minimum atomic E-state index is -4.64. The SMILES string of the molecule is O=C(c1cnc(-c2ccccc2)nc1)N1CCN(S(=O)(=O)c2cccc(C(F)(F)F)c2)CC1. The molecule has 11 heteroatoms. The first-order chi connectivity index (χ1) is 15.7. The number of halogens is 3. The Kier molecular flexibility index (Phi) is 6.17. The minimum Gasteiger partial charge on any atom is -0.336 e. The van der Waals surface area contributed by atoms with E-state index in [2.05, 4.69) is 9.97 Å². The van der Waals surface area contributed by atoms with Crippen LogP contribution in [0.1, 0.15) is 15.9 Å². The number of hydrogen-bond acceptors (Lipinski definition) is 5. The number of hydrogen-bond donors (Lipinski definition) is 0. The second-order valence-corrected chi connectivity index (χ2v) is 9.32. The van der Waals surface area contributed by atoms with Crippen LogP contribution in [0.15, 0.2) is 71.9 Å². The van der Waals surface area contributed by atoms with Gasteiger partial charge in [0.1, 0.15) is 0 Å². The topological polar surface area (TPSA) is 83.5 Å². The molecule has 1 aromatic heterocycles. The average molecular weight is 476 g/mol. The highest BCUT2D eigenvalue weighted by molar-refractivity contribution is 7.89. The summed E-state index contributed by atoms with van der Waals surface area (Å²) in [6.07, 6.45) is -1.80. The number of piperazine rings is 1. The molecule has 33 heavy (non-hydrogen) atoms. The number of amides is 1. The summed E-state index contributed by atoms with van der Waals surface area (Å²) in [5.74, 6) is 0.134. The molecule has 0 spiro atoms. The van der Waals surface area contributed by atoms with Crippen LogP contribution in [0.4, 0.5) is 13.2 Å². The van der Waals surface area contributed by atoms with E-state index in [-0.39, 0.29) is 37.6 Å². The van der Waals surface area contributed by atoms with Gasteiger partial charge in [0.15, 0.2) is 5.82 Å². The predicted molar refractivity (Wildman–Crippen MR) is 114 cm³/mol. The van der Waals surface area contributed by atoms with Crippen LogP contribution in [0.25, 0.3) is 11.4 Å². The molecule has 0 unspecified atom stereocenters. The van der Waals surface area contributed by atoms with Crippen molar-refractivity contribution >= 4 is 15.9 Å². The third kappa shape index (κ3) is 4.88. The number of aromatic nitrogens is 2. The molecule has 0 atom stereocenters. The van der Waals surface area contributed by atoms with E-state index in [0.717, 1.165) is 28.1 Å². The molecule has 0 bridgehead atoms. The number of rotatable bonds is 4. The molecule has 0 saturated carbocycles. The predicted octanol–water partition coefficient (Wildman–Crippen LogP) is 3.31. The van der Waals surface area contributed by atoms with Crippen LogP contribution in [0.3, 0.4) is 0 Å². The number of carbonyl (C=O) groups excluding carboxylic acids is 1. The molecule has 3 aromatic rings. The molecule has 7 nitrogen and oxygen atoms in total. The van der Waals surface area contributed by atoms with Gasteiger partial charge in [0.25, 0.3) is 5.91 Å². The molecule has 2 aromatic carbocycles. The zero-order valence-electron chi connectivity index (χ0n) is 17.2. The van der Waals surface area contributed by atoms with Gasteiger partial charge < -0.3 is 4.90 Å². The summed E-state index contributed by atoms with van der Waals surface area (Å²) in [6, 6.07) is 12.9. The summed E-state index contributed by atoms with van der Waals surface area (Å²) in [4.78, 5) is 22.3. The van der Waals surface area contributed by atoms with E-state index < -0.39 is 26.7 Å². The van der Waals surface area contributed by atoms with Gasteiger partial charge in [-0.15, -0.1) is 0 Å². The number of sulfonamides is 1. The molecule has 1 saturated heterocycles. The number of nitrogens with zero attached hydrogens (tertiary/aromatic N) is 4. The zero-order chi connectivity index (χ0) is 23.6. The first kappa shape index (κ1) is 22.9. The fourth-order valence-electron chi connectivity index (χ4n) is 3.47. The summed E-state index contributed by atoms with van der Waals surface area (Å²) in [5, 5.41) is 0. The van der Waals surface area contributed by atoms with Crippen molar-refractivity contribution in [1.29, 1.82) is 0 Å². The molecule has 172 valence electrons. The smallest absolute Gasteiger partial charge is 0.336 e. The lowest BCUT2D eigenvalue weighted by Crippen LogP contribution is -2.50.